The number of para-hydroxylation sites is 1. The van der Waals surface area contributed by atoms with E-state index in [1.807, 2.05) is 73.6 Å². The number of nitrogens with zero attached hydrogens (tertiary/aromatic N) is 5. The van der Waals surface area contributed by atoms with Gasteiger partial charge in [-0.2, -0.15) is 5.10 Å². The quantitative estimate of drug-likeness (QED) is 0.353. The van der Waals surface area contributed by atoms with Crippen LogP contribution in [0.2, 0.25) is 0 Å². The smallest absolute Gasteiger partial charge is 0.164 e. The molecule has 2 aromatic heterocycles. The molecule has 1 N–H and O–H groups in total. The standard InChI is InChI=1S/C28H25F2N5O/c1-34(2)13-12-28(36,20-14-21(29)16-22(30)15-20)26-23-10-6-7-11-24(23)33-27(35-18-31-17-32-35)25(26)19-8-4-3-5-9-19/h3-11,14-18,36H,12-13H2,1-2H3. The van der Waals surface area contributed by atoms with Gasteiger partial charge in [-0.05, 0) is 49.8 Å². The number of halogens is 2. The van der Waals surface area contributed by atoms with E-state index < -0.39 is 17.2 Å². The summed E-state index contributed by atoms with van der Waals surface area (Å²) in [6.45, 7) is 0.457. The minimum absolute atomic E-state index is 0.125. The van der Waals surface area contributed by atoms with E-state index in [2.05, 4.69) is 10.1 Å². The van der Waals surface area contributed by atoms with Crippen LogP contribution in [-0.2, 0) is 5.60 Å². The zero-order valence-electron chi connectivity index (χ0n) is 19.9. The fraction of sp³-hybridized carbons (Fsp3) is 0.179. The molecular weight excluding hydrogens is 460 g/mol. The molecule has 8 heteroatoms. The third-order valence-electron chi connectivity index (χ3n) is 6.25. The lowest BCUT2D eigenvalue weighted by Crippen LogP contribution is -2.33. The second-order valence-corrected chi connectivity index (χ2v) is 8.98. The lowest BCUT2D eigenvalue weighted by atomic mass is 9.77. The summed E-state index contributed by atoms with van der Waals surface area (Å²) in [6, 6.07) is 20.1. The van der Waals surface area contributed by atoms with E-state index in [4.69, 9.17) is 4.98 Å². The van der Waals surface area contributed by atoms with Gasteiger partial charge >= 0.3 is 0 Å². The summed E-state index contributed by atoms with van der Waals surface area (Å²) in [5, 5.41) is 17.6. The van der Waals surface area contributed by atoms with Crippen LogP contribution in [0.3, 0.4) is 0 Å². The SMILES string of the molecule is CN(C)CCC(O)(c1cc(F)cc(F)c1)c1c(-c2ccccc2)c(-n2cncn2)nc2ccccc12. The largest absolute Gasteiger partial charge is 0.380 e. The number of aliphatic hydroxyl groups is 1. The molecule has 0 aliphatic carbocycles. The summed E-state index contributed by atoms with van der Waals surface area (Å²) in [6.07, 6.45) is 3.12. The summed E-state index contributed by atoms with van der Waals surface area (Å²) in [5.74, 6) is -1.07. The first-order chi connectivity index (χ1) is 17.4. The summed E-state index contributed by atoms with van der Waals surface area (Å²) in [7, 11) is 3.77. The average molecular weight is 486 g/mol. The van der Waals surface area contributed by atoms with Crippen LogP contribution in [-0.4, -0.2) is 50.4 Å². The molecule has 0 amide bonds. The van der Waals surface area contributed by atoms with Crippen molar-refractivity contribution in [2.45, 2.75) is 12.0 Å². The average Bonchev–Trinajstić information content (AvgIpc) is 3.41. The van der Waals surface area contributed by atoms with E-state index >= 15 is 0 Å². The molecule has 1 unspecified atom stereocenters. The predicted molar refractivity (Wildman–Crippen MR) is 135 cm³/mol. The van der Waals surface area contributed by atoms with Crippen molar-refractivity contribution in [2.24, 2.45) is 0 Å². The zero-order valence-corrected chi connectivity index (χ0v) is 19.9. The Balaban J connectivity index is 1.95. The van der Waals surface area contributed by atoms with E-state index in [1.165, 1.54) is 29.5 Å². The normalized spacial score (nSPS) is 13.3. The van der Waals surface area contributed by atoms with Gasteiger partial charge in [0.1, 0.15) is 29.9 Å². The highest BCUT2D eigenvalue weighted by Crippen LogP contribution is 2.45. The van der Waals surface area contributed by atoms with Crippen molar-refractivity contribution in [3.8, 4) is 16.9 Å². The van der Waals surface area contributed by atoms with Crippen LogP contribution in [0.15, 0.2) is 85.5 Å². The highest BCUT2D eigenvalue weighted by molar-refractivity contribution is 5.93. The molecule has 2 heterocycles. The Labute approximate surface area is 207 Å². The Kier molecular flexibility index (Phi) is 6.30. The third kappa shape index (κ3) is 4.36. The number of aromatic nitrogens is 4. The van der Waals surface area contributed by atoms with Crippen molar-refractivity contribution in [1.82, 2.24) is 24.6 Å². The van der Waals surface area contributed by atoms with Crippen LogP contribution in [0.4, 0.5) is 8.78 Å². The number of hydrogen-bond donors (Lipinski definition) is 1. The molecule has 0 saturated heterocycles. The van der Waals surface area contributed by atoms with E-state index in [-0.39, 0.29) is 12.0 Å². The van der Waals surface area contributed by atoms with Crippen LogP contribution in [0, 0.1) is 11.6 Å². The van der Waals surface area contributed by atoms with Gasteiger partial charge in [-0.1, -0.05) is 48.5 Å². The molecule has 0 bridgehead atoms. The molecule has 0 radical (unpaired) electrons. The van der Waals surface area contributed by atoms with Gasteiger partial charge in [0.15, 0.2) is 5.82 Å². The highest BCUT2D eigenvalue weighted by Gasteiger charge is 2.38. The number of pyridine rings is 1. The molecule has 5 aromatic rings. The van der Waals surface area contributed by atoms with Gasteiger partial charge in [-0.25, -0.2) is 23.4 Å². The predicted octanol–water partition coefficient (Wildman–Crippen LogP) is 4.95. The molecule has 6 nitrogen and oxygen atoms in total. The monoisotopic (exact) mass is 485 g/mol. The summed E-state index contributed by atoms with van der Waals surface area (Å²) in [4.78, 5) is 10.9. The number of fused-ring (bicyclic) bond motifs is 1. The van der Waals surface area contributed by atoms with Crippen LogP contribution in [0.25, 0.3) is 27.8 Å². The van der Waals surface area contributed by atoms with Crippen LogP contribution in [0.5, 0.6) is 0 Å². The van der Waals surface area contributed by atoms with Crippen molar-refractivity contribution >= 4 is 10.9 Å². The summed E-state index contributed by atoms with van der Waals surface area (Å²) < 4.78 is 30.6. The van der Waals surface area contributed by atoms with Gasteiger partial charge in [0, 0.05) is 29.1 Å². The van der Waals surface area contributed by atoms with Crippen molar-refractivity contribution in [1.29, 1.82) is 0 Å². The van der Waals surface area contributed by atoms with Crippen LogP contribution in [0.1, 0.15) is 17.5 Å². The molecule has 0 spiro atoms. The van der Waals surface area contributed by atoms with Crippen molar-refractivity contribution in [3.63, 3.8) is 0 Å². The minimum atomic E-state index is -1.77. The Morgan fingerprint density at radius 2 is 1.64 bits per heavy atom. The Morgan fingerprint density at radius 3 is 2.31 bits per heavy atom. The minimum Gasteiger partial charge on any atom is -0.380 e. The fourth-order valence-corrected chi connectivity index (χ4v) is 4.58. The van der Waals surface area contributed by atoms with Gasteiger partial charge in [0.05, 0.1) is 5.52 Å². The first-order valence-corrected chi connectivity index (χ1v) is 11.5. The first-order valence-electron chi connectivity index (χ1n) is 11.5. The molecule has 3 aromatic carbocycles. The second-order valence-electron chi connectivity index (χ2n) is 8.98. The van der Waals surface area contributed by atoms with Crippen LogP contribution >= 0.6 is 0 Å². The molecular formula is C28H25F2N5O. The zero-order chi connectivity index (χ0) is 25.3. The lowest BCUT2D eigenvalue weighted by Gasteiger charge is -2.34. The molecule has 0 fully saturated rings. The molecule has 182 valence electrons. The van der Waals surface area contributed by atoms with Crippen molar-refractivity contribution in [2.75, 3.05) is 20.6 Å². The lowest BCUT2D eigenvalue weighted by molar-refractivity contribution is 0.0642. The number of rotatable bonds is 7. The highest BCUT2D eigenvalue weighted by atomic mass is 19.1. The van der Waals surface area contributed by atoms with Crippen molar-refractivity contribution < 1.29 is 13.9 Å². The molecule has 1 atom stereocenters. The Bertz CT molecular complexity index is 1490. The molecule has 0 aliphatic heterocycles. The number of hydrogen-bond acceptors (Lipinski definition) is 5. The second kappa shape index (κ2) is 9.56. The molecule has 5 rings (SSSR count). The maximum atomic E-state index is 14.5. The third-order valence-corrected chi connectivity index (χ3v) is 6.25. The first kappa shape index (κ1) is 23.7. The van der Waals surface area contributed by atoms with Crippen molar-refractivity contribution in [3.05, 3.63) is 108 Å². The van der Waals surface area contributed by atoms with E-state index in [0.717, 1.165) is 11.6 Å². The Hall–Kier alpha value is -4.01. The maximum Gasteiger partial charge on any atom is 0.164 e. The topological polar surface area (TPSA) is 67.1 Å². The van der Waals surface area contributed by atoms with Gasteiger partial charge in [-0.3, -0.25) is 0 Å². The van der Waals surface area contributed by atoms with Crippen LogP contribution < -0.4 is 0 Å². The summed E-state index contributed by atoms with van der Waals surface area (Å²) in [5.41, 5.74) is 0.840. The van der Waals surface area contributed by atoms with Gasteiger partial charge in [-0.15, -0.1) is 0 Å². The molecule has 0 saturated carbocycles. The molecule has 0 aliphatic rings. The molecule has 36 heavy (non-hydrogen) atoms. The van der Waals surface area contributed by atoms with Gasteiger partial charge in [0.25, 0.3) is 0 Å². The van der Waals surface area contributed by atoms with E-state index in [0.29, 0.717) is 34.4 Å². The van der Waals surface area contributed by atoms with E-state index in [1.54, 1.807) is 0 Å². The summed E-state index contributed by atoms with van der Waals surface area (Å²) >= 11 is 0. The van der Waals surface area contributed by atoms with Gasteiger partial charge in [0.2, 0.25) is 0 Å². The van der Waals surface area contributed by atoms with E-state index in [9.17, 15) is 13.9 Å². The van der Waals surface area contributed by atoms with Gasteiger partial charge < -0.3 is 10.0 Å². The number of benzene rings is 3. The Morgan fingerprint density at radius 1 is 0.944 bits per heavy atom. The maximum absolute atomic E-state index is 14.5. The fourth-order valence-electron chi connectivity index (χ4n) is 4.58.